The van der Waals surface area contributed by atoms with E-state index < -0.39 is 0 Å². The Morgan fingerprint density at radius 1 is 0.882 bits per heavy atom. The van der Waals surface area contributed by atoms with E-state index >= 15 is 0 Å². The molecule has 1 saturated carbocycles. The Labute approximate surface area is 204 Å². The molecular weight excluding hydrogens is 418 g/mol. The standard InChI is InChI=1S/C30H37N3O/c1-31-19-11-18-28(31)22-32-20-26(29(23-32)24-12-5-2-6-13-24)21-33(27-16-9-4-10-17-27)30(34)25-14-7-3-8-15-25/h2-3,5-8,11-15,18-19,26-27,29H,4,9-10,16-17,20-23H2,1H3/t26-,29+/m1/s1. The van der Waals surface area contributed by atoms with E-state index in [1.54, 1.807) is 0 Å². The van der Waals surface area contributed by atoms with Gasteiger partial charge in [0, 0.05) is 62.6 Å². The summed E-state index contributed by atoms with van der Waals surface area (Å²) in [5.41, 5.74) is 3.57. The zero-order chi connectivity index (χ0) is 23.3. The molecule has 1 amide bonds. The van der Waals surface area contributed by atoms with Crippen molar-refractivity contribution in [2.45, 2.75) is 50.6 Å². The summed E-state index contributed by atoms with van der Waals surface area (Å²) in [5.74, 6) is 1.08. The molecule has 4 nitrogen and oxygen atoms in total. The average molecular weight is 456 g/mol. The van der Waals surface area contributed by atoms with Gasteiger partial charge in [-0.3, -0.25) is 9.69 Å². The maximum atomic E-state index is 13.8. The van der Waals surface area contributed by atoms with E-state index in [0.29, 0.717) is 17.9 Å². The van der Waals surface area contributed by atoms with Gasteiger partial charge in [-0.2, -0.15) is 0 Å². The first kappa shape index (κ1) is 22.9. The summed E-state index contributed by atoms with van der Waals surface area (Å²) in [6.07, 6.45) is 8.15. The molecule has 0 spiro atoms. The third kappa shape index (κ3) is 5.12. The van der Waals surface area contributed by atoms with Gasteiger partial charge in [-0.15, -0.1) is 0 Å². The minimum absolute atomic E-state index is 0.209. The van der Waals surface area contributed by atoms with Crippen LogP contribution in [0.3, 0.4) is 0 Å². The number of rotatable bonds is 7. The number of aryl methyl sites for hydroxylation is 1. The highest BCUT2D eigenvalue weighted by molar-refractivity contribution is 5.94. The quantitative estimate of drug-likeness (QED) is 0.456. The third-order valence-corrected chi connectivity index (χ3v) is 7.91. The number of likely N-dealkylation sites (tertiary alicyclic amines) is 1. The molecule has 2 heterocycles. The highest BCUT2D eigenvalue weighted by atomic mass is 16.2. The largest absolute Gasteiger partial charge is 0.353 e. The maximum absolute atomic E-state index is 13.8. The van der Waals surface area contributed by atoms with Crippen LogP contribution in [-0.4, -0.2) is 46.0 Å². The van der Waals surface area contributed by atoms with Crippen molar-refractivity contribution in [3.63, 3.8) is 0 Å². The van der Waals surface area contributed by atoms with Crippen molar-refractivity contribution < 1.29 is 4.79 Å². The molecule has 5 rings (SSSR count). The Kier molecular flexibility index (Phi) is 7.15. The summed E-state index contributed by atoms with van der Waals surface area (Å²) in [6.45, 7) is 3.86. The van der Waals surface area contributed by atoms with Crippen LogP contribution in [0.2, 0.25) is 0 Å². The van der Waals surface area contributed by atoms with Crippen LogP contribution < -0.4 is 0 Å². The molecular formula is C30H37N3O. The van der Waals surface area contributed by atoms with E-state index in [9.17, 15) is 4.79 Å². The lowest BCUT2D eigenvalue weighted by Crippen LogP contribution is -2.45. The molecule has 1 saturated heterocycles. The van der Waals surface area contributed by atoms with E-state index in [1.165, 1.54) is 30.5 Å². The zero-order valence-corrected chi connectivity index (χ0v) is 20.4. The molecule has 0 N–H and O–H groups in total. The number of benzene rings is 2. The Morgan fingerprint density at radius 3 is 2.26 bits per heavy atom. The monoisotopic (exact) mass is 455 g/mol. The molecule has 3 aromatic rings. The number of carbonyl (C=O) groups excluding carboxylic acids is 1. The van der Waals surface area contributed by atoms with E-state index in [1.807, 2.05) is 30.3 Å². The normalized spacial score (nSPS) is 21.6. The molecule has 2 aromatic carbocycles. The number of carbonyl (C=O) groups is 1. The second kappa shape index (κ2) is 10.6. The number of hydrogen-bond donors (Lipinski definition) is 0. The van der Waals surface area contributed by atoms with Gasteiger partial charge in [-0.25, -0.2) is 0 Å². The summed E-state index contributed by atoms with van der Waals surface area (Å²) in [6, 6.07) is 25.6. The molecule has 2 fully saturated rings. The molecule has 1 aliphatic heterocycles. The lowest BCUT2D eigenvalue weighted by molar-refractivity contribution is 0.0588. The third-order valence-electron chi connectivity index (χ3n) is 7.91. The van der Waals surface area contributed by atoms with Gasteiger partial charge in [-0.1, -0.05) is 67.8 Å². The van der Waals surface area contributed by atoms with Crippen LogP contribution in [0.15, 0.2) is 79.0 Å². The van der Waals surface area contributed by atoms with Gasteiger partial charge >= 0.3 is 0 Å². The molecule has 2 atom stereocenters. The van der Waals surface area contributed by atoms with Gasteiger partial charge in [0.1, 0.15) is 0 Å². The van der Waals surface area contributed by atoms with Crippen molar-refractivity contribution in [1.29, 1.82) is 0 Å². The molecule has 0 unspecified atom stereocenters. The van der Waals surface area contributed by atoms with Gasteiger partial charge in [0.05, 0.1) is 0 Å². The highest BCUT2D eigenvalue weighted by Gasteiger charge is 2.38. The molecule has 1 aromatic heterocycles. The molecule has 2 aliphatic rings. The molecule has 178 valence electrons. The van der Waals surface area contributed by atoms with Crippen molar-refractivity contribution in [3.8, 4) is 0 Å². The van der Waals surface area contributed by atoms with Gasteiger partial charge in [-0.05, 0) is 48.6 Å². The average Bonchev–Trinajstić information content (AvgIpc) is 3.49. The van der Waals surface area contributed by atoms with E-state index in [4.69, 9.17) is 0 Å². The zero-order valence-electron chi connectivity index (χ0n) is 20.4. The fraction of sp³-hybridized carbons (Fsp3) is 0.433. The first-order chi connectivity index (χ1) is 16.7. The highest BCUT2D eigenvalue weighted by Crippen LogP contribution is 2.36. The lowest BCUT2D eigenvalue weighted by Gasteiger charge is -2.37. The Morgan fingerprint density at radius 2 is 1.59 bits per heavy atom. The number of amides is 1. The summed E-state index contributed by atoms with van der Waals surface area (Å²) in [7, 11) is 2.13. The van der Waals surface area contributed by atoms with Crippen molar-refractivity contribution >= 4 is 5.91 Å². The Hall–Kier alpha value is -2.85. The van der Waals surface area contributed by atoms with Crippen LogP contribution in [0, 0.1) is 5.92 Å². The van der Waals surface area contributed by atoms with Gasteiger partial charge in [0.15, 0.2) is 0 Å². The Bertz CT molecular complexity index is 1050. The van der Waals surface area contributed by atoms with Gasteiger partial charge < -0.3 is 9.47 Å². The second-order valence-electron chi connectivity index (χ2n) is 10.2. The van der Waals surface area contributed by atoms with Crippen molar-refractivity contribution in [2.75, 3.05) is 19.6 Å². The van der Waals surface area contributed by atoms with E-state index in [2.05, 4.69) is 70.1 Å². The van der Waals surface area contributed by atoms with E-state index in [0.717, 1.165) is 44.6 Å². The molecule has 0 bridgehead atoms. The van der Waals surface area contributed by atoms with Crippen LogP contribution in [0.5, 0.6) is 0 Å². The van der Waals surface area contributed by atoms with Crippen molar-refractivity contribution in [1.82, 2.24) is 14.4 Å². The Balaban J connectivity index is 1.41. The fourth-order valence-electron chi connectivity index (χ4n) is 6.03. The second-order valence-corrected chi connectivity index (χ2v) is 10.2. The topological polar surface area (TPSA) is 28.5 Å². The summed E-state index contributed by atoms with van der Waals surface area (Å²) in [5, 5.41) is 0. The molecule has 1 aliphatic carbocycles. The number of aromatic nitrogens is 1. The maximum Gasteiger partial charge on any atom is 0.254 e. The molecule has 34 heavy (non-hydrogen) atoms. The minimum atomic E-state index is 0.209. The fourth-order valence-corrected chi connectivity index (χ4v) is 6.03. The number of hydrogen-bond acceptors (Lipinski definition) is 2. The molecule has 0 radical (unpaired) electrons. The van der Waals surface area contributed by atoms with E-state index in [-0.39, 0.29) is 5.91 Å². The van der Waals surface area contributed by atoms with Gasteiger partial charge in [0.2, 0.25) is 0 Å². The number of nitrogens with zero attached hydrogens (tertiary/aromatic N) is 3. The first-order valence-electron chi connectivity index (χ1n) is 12.9. The van der Waals surface area contributed by atoms with Gasteiger partial charge in [0.25, 0.3) is 5.91 Å². The van der Waals surface area contributed by atoms with Crippen LogP contribution in [0.4, 0.5) is 0 Å². The van der Waals surface area contributed by atoms with Crippen LogP contribution in [0.1, 0.15) is 59.6 Å². The SMILES string of the molecule is Cn1cccc1CN1C[C@H](CN(C(=O)c2ccccc2)C2CCCCC2)[C@H](c2ccccc2)C1. The van der Waals surface area contributed by atoms with Crippen LogP contribution in [-0.2, 0) is 13.6 Å². The molecule has 4 heteroatoms. The van der Waals surface area contributed by atoms with Crippen LogP contribution in [0.25, 0.3) is 0 Å². The summed E-state index contributed by atoms with van der Waals surface area (Å²) in [4.78, 5) is 18.6. The van der Waals surface area contributed by atoms with Crippen LogP contribution >= 0.6 is 0 Å². The smallest absolute Gasteiger partial charge is 0.254 e. The first-order valence-corrected chi connectivity index (χ1v) is 12.9. The summed E-state index contributed by atoms with van der Waals surface area (Å²) >= 11 is 0. The minimum Gasteiger partial charge on any atom is -0.353 e. The van der Waals surface area contributed by atoms with Crippen molar-refractivity contribution in [3.05, 3.63) is 95.8 Å². The van der Waals surface area contributed by atoms with Crippen molar-refractivity contribution in [2.24, 2.45) is 13.0 Å². The lowest BCUT2D eigenvalue weighted by atomic mass is 9.87. The summed E-state index contributed by atoms with van der Waals surface area (Å²) < 4.78 is 2.22. The predicted molar refractivity (Wildman–Crippen MR) is 138 cm³/mol. The predicted octanol–water partition coefficient (Wildman–Crippen LogP) is 5.72.